The van der Waals surface area contributed by atoms with Crippen LogP contribution in [-0.4, -0.2) is 34.3 Å². The van der Waals surface area contributed by atoms with Gasteiger partial charge in [-0.15, -0.1) is 0 Å². The first-order valence-corrected chi connectivity index (χ1v) is 8.31. The molecule has 0 radical (unpaired) electrons. The van der Waals surface area contributed by atoms with E-state index in [1.807, 2.05) is 53.1 Å². The lowest BCUT2D eigenvalue weighted by molar-refractivity contribution is 0.878. The van der Waals surface area contributed by atoms with Gasteiger partial charge in [0.15, 0.2) is 11.5 Å². The first-order chi connectivity index (χ1) is 13.3. The van der Waals surface area contributed by atoms with Crippen LogP contribution in [0.2, 0.25) is 0 Å². The summed E-state index contributed by atoms with van der Waals surface area (Å²) < 4.78 is 3.68. The van der Waals surface area contributed by atoms with Crippen LogP contribution in [0.3, 0.4) is 0 Å². The van der Waals surface area contributed by atoms with Gasteiger partial charge in [-0.25, -0.2) is 24.6 Å². The molecule has 0 aliphatic carbocycles. The summed E-state index contributed by atoms with van der Waals surface area (Å²) in [7, 11) is 0. The van der Waals surface area contributed by atoms with Gasteiger partial charge in [0, 0.05) is 18.1 Å². The Morgan fingerprint density at radius 3 is 2.41 bits per heavy atom. The van der Waals surface area contributed by atoms with Crippen LogP contribution < -0.4 is 5.73 Å². The quantitative estimate of drug-likeness (QED) is 0.534. The molecule has 8 nitrogen and oxygen atoms in total. The molecule has 0 bridgehead atoms. The number of imidazole rings is 1. The van der Waals surface area contributed by atoms with Gasteiger partial charge in [-0.1, -0.05) is 0 Å². The Morgan fingerprint density at radius 2 is 1.63 bits per heavy atom. The maximum atomic E-state index is 6.11. The van der Waals surface area contributed by atoms with Crippen LogP contribution in [0.4, 0.5) is 5.82 Å². The molecule has 4 heterocycles. The maximum Gasteiger partial charge on any atom is 0.164 e. The third-order valence-electron chi connectivity index (χ3n) is 4.29. The lowest BCUT2D eigenvalue weighted by atomic mass is 10.2. The molecule has 5 aromatic rings. The van der Waals surface area contributed by atoms with E-state index >= 15 is 0 Å². The lowest BCUT2D eigenvalue weighted by Gasteiger charge is -2.11. The molecule has 27 heavy (non-hydrogen) atoms. The molecule has 2 N–H and O–H groups in total. The first-order valence-electron chi connectivity index (χ1n) is 8.31. The van der Waals surface area contributed by atoms with E-state index in [-0.39, 0.29) is 0 Å². The molecule has 0 saturated heterocycles. The summed E-state index contributed by atoms with van der Waals surface area (Å²) in [5.41, 5.74) is 10.2. The molecule has 5 rings (SSSR count). The summed E-state index contributed by atoms with van der Waals surface area (Å²) in [6.07, 6.45) is 6.58. The van der Waals surface area contributed by atoms with E-state index in [4.69, 9.17) is 10.7 Å². The fraction of sp³-hybridized carbons (Fsp3) is 0. The van der Waals surface area contributed by atoms with E-state index in [2.05, 4.69) is 20.1 Å². The van der Waals surface area contributed by atoms with Crippen molar-refractivity contribution in [2.75, 3.05) is 5.73 Å². The van der Waals surface area contributed by atoms with Crippen molar-refractivity contribution in [3.63, 3.8) is 0 Å². The standard InChI is InChI=1S/C19H14N8/c20-17-15(3-1-9-22-17)18-25-16-4-2-10-23-19(16)27(18)14-7-5-13(6-8-14)26-12-21-11-24-26/h1-12H,(H2,20,22). The zero-order valence-corrected chi connectivity index (χ0v) is 14.1. The molecule has 0 fully saturated rings. The highest BCUT2D eigenvalue weighted by Crippen LogP contribution is 2.30. The summed E-state index contributed by atoms with van der Waals surface area (Å²) >= 11 is 0. The average Bonchev–Trinajstić information content (AvgIpc) is 3.36. The molecule has 0 amide bonds. The molecule has 4 aromatic heterocycles. The van der Waals surface area contributed by atoms with Crippen molar-refractivity contribution in [1.29, 1.82) is 0 Å². The Morgan fingerprint density at radius 1 is 0.852 bits per heavy atom. The second-order valence-corrected chi connectivity index (χ2v) is 5.91. The Hall–Kier alpha value is -4.07. The topological polar surface area (TPSA) is 100 Å². The van der Waals surface area contributed by atoms with E-state index in [0.29, 0.717) is 11.6 Å². The number of rotatable bonds is 3. The molecule has 130 valence electrons. The van der Waals surface area contributed by atoms with Crippen molar-refractivity contribution < 1.29 is 0 Å². The van der Waals surface area contributed by atoms with Gasteiger partial charge in [-0.05, 0) is 48.5 Å². The van der Waals surface area contributed by atoms with E-state index < -0.39 is 0 Å². The summed E-state index contributed by atoms with van der Waals surface area (Å²) in [4.78, 5) is 17.4. The molecule has 0 aliphatic heterocycles. The van der Waals surface area contributed by atoms with Gasteiger partial charge in [0.25, 0.3) is 0 Å². The second kappa shape index (κ2) is 6.03. The molecule has 8 heteroatoms. The number of pyridine rings is 2. The highest BCUT2D eigenvalue weighted by Gasteiger charge is 2.17. The fourth-order valence-electron chi connectivity index (χ4n) is 3.04. The minimum absolute atomic E-state index is 0.424. The molecule has 1 aromatic carbocycles. The van der Waals surface area contributed by atoms with Gasteiger partial charge in [-0.2, -0.15) is 5.10 Å². The van der Waals surface area contributed by atoms with Crippen LogP contribution in [0.5, 0.6) is 0 Å². The van der Waals surface area contributed by atoms with Gasteiger partial charge in [0.1, 0.15) is 24.0 Å². The molecule has 0 atom stereocenters. The van der Waals surface area contributed by atoms with Crippen LogP contribution >= 0.6 is 0 Å². The molecular formula is C19H14N8. The Bertz CT molecular complexity index is 1220. The van der Waals surface area contributed by atoms with Gasteiger partial charge < -0.3 is 5.73 Å². The predicted molar refractivity (Wildman–Crippen MR) is 101 cm³/mol. The highest BCUT2D eigenvalue weighted by atomic mass is 15.3. The summed E-state index contributed by atoms with van der Waals surface area (Å²) in [5.74, 6) is 1.12. The molecule has 0 aliphatic rings. The lowest BCUT2D eigenvalue weighted by Crippen LogP contribution is -2.02. The third kappa shape index (κ3) is 2.51. The molecule has 0 unspecified atom stereocenters. The van der Waals surface area contributed by atoms with Crippen molar-refractivity contribution in [3.8, 4) is 22.8 Å². The predicted octanol–water partition coefficient (Wildman–Crippen LogP) is 2.65. The second-order valence-electron chi connectivity index (χ2n) is 5.91. The smallest absolute Gasteiger partial charge is 0.164 e. The van der Waals surface area contributed by atoms with Gasteiger partial charge in [0.2, 0.25) is 0 Å². The van der Waals surface area contributed by atoms with Crippen LogP contribution in [0, 0.1) is 0 Å². The number of aromatic nitrogens is 7. The SMILES string of the molecule is Nc1ncccc1-c1nc2cccnc2n1-c1ccc(-n2cncn2)cc1. The van der Waals surface area contributed by atoms with E-state index in [1.165, 1.54) is 6.33 Å². The minimum Gasteiger partial charge on any atom is -0.383 e. The Labute approximate surface area is 154 Å². The largest absolute Gasteiger partial charge is 0.383 e. The number of hydrogen-bond donors (Lipinski definition) is 1. The van der Waals surface area contributed by atoms with E-state index in [1.54, 1.807) is 23.4 Å². The van der Waals surface area contributed by atoms with Crippen molar-refractivity contribution in [3.05, 3.63) is 73.6 Å². The number of hydrogen-bond acceptors (Lipinski definition) is 6. The number of benzene rings is 1. The summed E-state index contributed by atoms with van der Waals surface area (Å²) in [6.45, 7) is 0. The molecular weight excluding hydrogens is 340 g/mol. The van der Waals surface area contributed by atoms with Gasteiger partial charge >= 0.3 is 0 Å². The molecule has 0 spiro atoms. The zero-order valence-electron chi connectivity index (χ0n) is 14.1. The van der Waals surface area contributed by atoms with Gasteiger partial charge in [-0.3, -0.25) is 4.57 Å². The Kier molecular flexibility index (Phi) is 3.39. The highest BCUT2D eigenvalue weighted by molar-refractivity contribution is 5.82. The first kappa shape index (κ1) is 15.2. The third-order valence-corrected chi connectivity index (χ3v) is 4.29. The van der Waals surface area contributed by atoms with Crippen LogP contribution in [0.15, 0.2) is 73.6 Å². The summed E-state index contributed by atoms with van der Waals surface area (Å²) in [6, 6.07) is 15.5. The van der Waals surface area contributed by atoms with Crippen molar-refractivity contribution >= 4 is 17.0 Å². The van der Waals surface area contributed by atoms with E-state index in [0.717, 1.165) is 28.1 Å². The monoisotopic (exact) mass is 354 g/mol. The normalized spacial score (nSPS) is 11.1. The Balaban J connectivity index is 1.72. The summed E-state index contributed by atoms with van der Waals surface area (Å²) in [5, 5.41) is 4.15. The van der Waals surface area contributed by atoms with Crippen LogP contribution in [-0.2, 0) is 0 Å². The number of anilines is 1. The average molecular weight is 354 g/mol. The van der Waals surface area contributed by atoms with E-state index in [9.17, 15) is 0 Å². The maximum absolute atomic E-state index is 6.11. The van der Waals surface area contributed by atoms with Crippen LogP contribution in [0.1, 0.15) is 0 Å². The fourth-order valence-corrected chi connectivity index (χ4v) is 3.04. The zero-order chi connectivity index (χ0) is 18.2. The minimum atomic E-state index is 0.424. The number of nitrogen functional groups attached to an aromatic ring is 1. The number of fused-ring (bicyclic) bond motifs is 1. The number of nitrogens with zero attached hydrogens (tertiary/aromatic N) is 7. The van der Waals surface area contributed by atoms with Crippen LogP contribution in [0.25, 0.3) is 33.9 Å². The number of nitrogens with two attached hydrogens (primary N) is 1. The molecule has 0 saturated carbocycles. The van der Waals surface area contributed by atoms with Crippen molar-refractivity contribution in [1.82, 2.24) is 34.3 Å². The van der Waals surface area contributed by atoms with Gasteiger partial charge in [0.05, 0.1) is 11.3 Å². The van der Waals surface area contributed by atoms with Crippen molar-refractivity contribution in [2.24, 2.45) is 0 Å². The van der Waals surface area contributed by atoms with Crippen molar-refractivity contribution in [2.45, 2.75) is 0 Å².